The van der Waals surface area contributed by atoms with Gasteiger partial charge in [-0.15, -0.1) is 0 Å². The largest absolute Gasteiger partial charge is 0.378 e. The van der Waals surface area contributed by atoms with Gasteiger partial charge in [-0.2, -0.15) is 0 Å². The van der Waals surface area contributed by atoms with Gasteiger partial charge >= 0.3 is 0 Å². The molecule has 2 aliphatic carbocycles. The molecule has 0 spiro atoms. The lowest BCUT2D eigenvalue weighted by molar-refractivity contribution is -0.393. The maximum absolute atomic E-state index is 11.8. The van der Waals surface area contributed by atoms with Gasteiger partial charge in [0.15, 0.2) is 0 Å². The third-order valence-corrected chi connectivity index (χ3v) is 9.08. The first kappa shape index (κ1) is 27.6. The molecule has 0 aromatic heterocycles. The lowest BCUT2D eigenvalue weighted by Crippen LogP contribution is -2.37. The van der Waals surface area contributed by atoms with E-state index in [1.807, 2.05) is 0 Å². The van der Waals surface area contributed by atoms with Crippen molar-refractivity contribution >= 4 is 22.7 Å². The van der Waals surface area contributed by atoms with Gasteiger partial charge in [0, 0.05) is 25.2 Å². The molecule has 1 aromatic rings. The highest BCUT2D eigenvalue weighted by Crippen LogP contribution is 2.41. The van der Waals surface area contributed by atoms with Gasteiger partial charge in [-0.1, -0.05) is 13.8 Å². The summed E-state index contributed by atoms with van der Waals surface area (Å²) in [5.74, 6) is 2.38. The molecule has 10 heteroatoms. The van der Waals surface area contributed by atoms with E-state index in [2.05, 4.69) is 29.4 Å². The van der Waals surface area contributed by atoms with E-state index in [4.69, 9.17) is 5.73 Å². The first-order chi connectivity index (χ1) is 17.7. The van der Waals surface area contributed by atoms with Gasteiger partial charge in [-0.25, -0.2) is 0 Å². The van der Waals surface area contributed by atoms with Crippen LogP contribution >= 0.6 is 0 Å². The fourth-order valence-electron chi connectivity index (χ4n) is 6.84. The second-order valence-electron chi connectivity index (χ2n) is 11.8. The van der Waals surface area contributed by atoms with Crippen molar-refractivity contribution in [3.63, 3.8) is 0 Å². The number of nitrogens with zero attached hydrogens (tertiary/aromatic N) is 3. The first-order valence-corrected chi connectivity index (χ1v) is 14.2. The number of nitro benzene ring substituents is 2. The Hall–Kier alpha value is -2.46. The Balaban J connectivity index is 1.41. The topological polar surface area (TPSA) is 140 Å². The molecule has 206 valence electrons. The van der Waals surface area contributed by atoms with Gasteiger partial charge in [0.2, 0.25) is 0 Å². The number of rotatable bonds is 10. The van der Waals surface area contributed by atoms with Crippen molar-refractivity contribution in [1.29, 1.82) is 0 Å². The summed E-state index contributed by atoms with van der Waals surface area (Å²) in [5, 5.41) is 30.2. The zero-order valence-electron chi connectivity index (χ0n) is 22.4. The van der Waals surface area contributed by atoms with Crippen molar-refractivity contribution in [1.82, 2.24) is 4.90 Å². The van der Waals surface area contributed by atoms with Gasteiger partial charge in [-0.3, -0.25) is 20.2 Å². The lowest BCUT2D eigenvalue weighted by Gasteiger charge is -2.39. The Labute approximate surface area is 220 Å². The lowest BCUT2D eigenvalue weighted by atomic mass is 9.71. The minimum absolute atomic E-state index is 0.104. The third-order valence-electron chi connectivity index (χ3n) is 9.08. The molecule has 4 N–H and O–H groups in total. The highest BCUT2D eigenvalue weighted by molar-refractivity contribution is 5.77. The number of nitrogens with one attached hydrogen (secondary N) is 2. The van der Waals surface area contributed by atoms with Crippen molar-refractivity contribution in [2.45, 2.75) is 83.7 Å². The minimum Gasteiger partial charge on any atom is -0.378 e. The highest BCUT2D eigenvalue weighted by atomic mass is 16.6. The molecule has 0 bridgehead atoms. The Kier molecular flexibility index (Phi) is 9.23. The van der Waals surface area contributed by atoms with Crippen LogP contribution in [0.5, 0.6) is 0 Å². The zero-order valence-corrected chi connectivity index (χ0v) is 22.4. The van der Waals surface area contributed by atoms with E-state index in [-0.39, 0.29) is 17.4 Å². The molecule has 6 unspecified atom stereocenters. The maximum atomic E-state index is 11.8. The summed E-state index contributed by atoms with van der Waals surface area (Å²) < 4.78 is 0. The van der Waals surface area contributed by atoms with Crippen molar-refractivity contribution < 1.29 is 9.85 Å². The number of likely N-dealkylation sites (tertiary alicyclic amines) is 1. The fraction of sp³-hybridized carbons (Fsp3) is 0.778. The molecule has 1 saturated heterocycles. The van der Waals surface area contributed by atoms with Crippen LogP contribution in [0.4, 0.5) is 22.7 Å². The van der Waals surface area contributed by atoms with Gasteiger partial charge in [-0.05, 0) is 101 Å². The predicted molar refractivity (Wildman–Crippen MR) is 147 cm³/mol. The molecule has 0 amide bonds. The maximum Gasteiger partial charge on any atom is 0.299 e. The standard InChI is InChI=1S/C27H44N6O4/c1-18-13-20(5-7-22(18)28)15-21-6-8-23(19(2)14-21)30-25-16-24(29-9-12-31-10-3-4-11-31)26(32(34)35)17-27(25)33(36)37/h16-23,29-30H,3-15,28H2,1-2H3. The molecule has 37 heavy (non-hydrogen) atoms. The molecule has 3 fully saturated rings. The normalized spacial score (nSPS) is 30.7. The van der Waals surface area contributed by atoms with Crippen LogP contribution in [0.2, 0.25) is 0 Å². The van der Waals surface area contributed by atoms with E-state index in [0.717, 1.165) is 57.3 Å². The number of nitro groups is 2. The van der Waals surface area contributed by atoms with Crippen LogP contribution in [0, 0.1) is 43.9 Å². The van der Waals surface area contributed by atoms with E-state index in [1.54, 1.807) is 6.07 Å². The molecular formula is C27H44N6O4. The average molecular weight is 517 g/mol. The first-order valence-electron chi connectivity index (χ1n) is 14.2. The Morgan fingerprint density at radius 1 is 0.919 bits per heavy atom. The molecule has 4 rings (SSSR count). The quantitative estimate of drug-likeness (QED) is 0.278. The van der Waals surface area contributed by atoms with Crippen LogP contribution in [0.3, 0.4) is 0 Å². The molecular weight excluding hydrogens is 472 g/mol. The highest BCUT2D eigenvalue weighted by Gasteiger charge is 2.33. The Morgan fingerprint density at radius 2 is 1.54 bits per heavy atom. The molecule has 10 nitrogen and oxygen atoms in total. The number of benzene rings is 1. The summed E-state index contributed by atoms with van der Waals surface area (Å²) >= 11 is 0. The molecule has 1 heterocycles. The third kappa shape index (κ3) is 7.10. The van der Waals surface area contributed by atoms with Gasteiger partial charge in [0.25, 0.3) is 11.4 Å². The molecule has 0 radical (unpaired) electrons. The van der Waals surface area contributed by atoms with Crippen LogP contribution in [0.15, 0.2) is 12.1 Å². The van der Waals surface area contributed by atoms with Crippen molar-refractivity contribution in [3.05, 3.63) is 32.4 Å². The summed E-state index contributed by atoms with van der Waals surface area (Å²) in [7, 11) is 0. The van der Waals surface area contributed by atoms with E-state index in [1.165, 1.54) is 32.1 Å². The summed E-state index contributed by atoms with van der Waals surface area (Å²) in [6.45, 7) is 7.94. The second-order valence-corrected chi connectivity index (χ2v) is 11.8. The smallest absolute Gasteiger partial charge is 0.299 e. The van der Waals surface area contributed by atoms with Crippen LogP contribution in [0.1, 0.15) is 71.6 Å². The number of anilines is 2. The van der Waals surface area contributed by atoms with E-state index >= 15 is 0 Å². The fourth-order valence-corrected chi connectivity index (χ4v) is 6.84. The zero-order chi connectivity index (χ0) is 26.5. The van der Waals surface area contributed by atoms with Crippen molar-refractivity contribution in [2.24, 2.45) is 29.4 Å². The summed E-state index contributed by atoms with van der Waals surface area (Å²) in [6.07, 6.45) is 10.3. The number of hydrogen-bond donors (Lipinski definition) is 3. The summed E-state index contributed by atoms with van der Waals surface area (Å²) in [5.41, 5.74) is 6.42. The second kappa shape index (κ2) is 12.4. The average Bonchev–Trinajstić information content (AvgIpc) is 3.36. The van der Waals surface area contributed by atoms with Crippen LogP contribution in [-0.4, -0.2) is 53.0 Å². The van der Waals surface area contributed by atoms with Gasteiger partial charge in [0.1, 0.15) is 11.4 Å². The molecule has 6 atom stereocenters. The van der Waals surface area contributed by atoms with E-state index in [9.17, 15) is 20.2 Å². The summed E-state index contributed by atoms with van der Waals surface area (Å²) in [6, 6.07) is 3.12. The van der Waals surface area contributed by atoms with Crippen molar-refractivity contribution in [2.75, 3.05) is 36.8 Å². The Morgan fingerprint density at radius 3 is 2.16 bits per heavy atom. The van der Waals surface area contributed by atoms with E-state index in [0.29, 0.717) is 41.7 Å². The van der Waals surface area contributed by atoms with Crippen LogP contribution < -0.4 is 16.4 Å². The van der Waals surface area contributed by atoms with Gasteiger partial charge < -0.3 is 21.3 Å². The molecule has 1 aliphatic heterocycles. The van der Waals surface area contributed by atoms with Crippen LogP contribution in [0.25, 0.3) is 0 Å². The van der Waals surface area contributed by atoms with Crippen LogP contribution in [-0.2, 0) is 0 Å². The molecule has 3 aliphatic rings. The van der Waals surface area contributed by atoms with E-state index < -0.39 is 9.85 Å². The molecule has 1 aromatic carbocycles. The Bertz CT molecular complexity index is 953. The van der Waals surface area contributed by atoms with Gasteiger partial charge in [0.05, 0.1) is 15.9 Å². The molecule has 2 saturated carbocycles. The SMILES string of the molecule is CC1CC(CC2CCC(Nc3cc(NCCN4CCCC4)c([N+](=O)[O-])cc3[N+](=O)[O-])C(C)C2)CCC1N. The predicted octanol–water partition coefficient (Wildman–Crippen LogP) is 5.38. The number of hydrogen-bond acceptors (Lipinski definition) is 8. The monoisotopic (exact) mass is 516 g/mol. The number of nitrogens with two attached hydrogens (primary N) is 1. The summed E-state index contributed by atoms with van der Waals surface area (Å²) in [4.78, 5) is 24.8. The minimum atomic E-state index is -0.540. The van der Waals surface area contributed by atoms with Crippen molar-refractivity contribution in [3.8, 4) is 0 Å².